The monoisotopic (exact) mass is 331 g/mol. The number of carbonyl (C=O) groups excluding carboxylic acids is 1. The van der Waals surface area contributed by atoms with Gasteiger partial charge in [0.1, 0.15) is 12.2 Å². The molecule has 0 spiro atoms. The second kappa shape index (κ2) is 6.41. The predicted molar refractivity (Wildman–Crippen MR) is 88.2 cm³/mol. The Bertz CT molecular complexity index is 694. The van der Waals surface area contributed by atoms with Gasteiger partial charge in [-0.3, -0.25) is 4.79 Å². The lowest BCUT2D eigenvalue weighted by atomic mass is 10.1. The molecule has 0 radical (unpaired) electrons. The van der Waals surface area contributed by atoms with Gasteiger partial charge in [-0.2, -0.15) is 5.10 Å². The number of rotatable bonds is 4. The molecule has 2 aromatic heterocycles. The molecule has 1 atom stereocenters. The highest BCUT2D eigenvalue weighted by Crippen LogP contribution is 2.24. The summed E-state index contributed by atoms with van der Waals surface area (Å²) in [7, 11) is 0. The fraction of sp³-hybridized carbons (Fsp3) is 0.562. The first-order valence-electron chi connectivity index (χ1n) is 8.22. The van der Waals surface area contributed by atoms with Crippen molar-refractivity contribution in [1.82, 2.24) is 25.0 Å². The van der Waals surface area contributed by atoms with Crippen LogP contribution in [0.1, 0.15) is 29.1 Å². The Morgan fingerprint density at radius 2 is 2.39 bits per heavy atom. The summed E-state index contributed by atoms with van der Waals surface area (Å²) >= 11 is 1.81. The van der Waals surface area contributed by atoms with Gasteiger partial charge in [-0.1, -0.05) is 0 Å². The van der Waals surface area contributed by atoms with E-state index in [9.17, 15) is 4.79 Å². The highest BCUT2D eigenvalue weighted by atomic mass is 32.1. The van der Waals surface area contributed by atoms with Crippen LogP contribution < -0.4 is 5.32 Å². The van der Waals surface area contributed by atoms with E-state index in [0.29, 0.717) is 12.5 Å². The molecular formula is C16H21N5OS. The van der Waals surface area contributed by atoms with Gasteiger partial charge in [-0.05, 0) is 29.9 Å². The summed E-state index contributed by atoms with van der Waals surface area (Å²) in [6.45, 7) is 3.23. The summed E-state index contributed by atoms with van der Waals surface area (Å²) in [5.41, 5.74) is 1.33. The molecule has 0 saturated carbocycles. The van der Waals surface area contributed by atoms with Gasteiger partial charge in [0.05, 0.1) is 6.54 Å². The molecule has 0 bridgehead atoms. The molecular weight excluding hydrogens is 310 g/mol. The second-order valence-corrected chi connectivity index (χ2v) is 7.23. The number of nitrogens with one attached hydrogen (secondary N) is 1. The minimum Gasteiger partial charge on any atom is -0.338 e. The molecule has 2 aliphatic heterocycles. The molecule has 6 nitrogen and oxygen atoms in total. The van der Waals surface area contributed by atoms with Gasteiger partial charge in [0, 0.05) is 43.4 Å². The zero-order valence-electron chi connectivity index (χ0n) is 13.1. The second-order valence-electron chi connectivity index (χ2n) is 6.23. The van der Waals surface area contributed by atoms with E-state index in [1.54, 1.807) is 6.33 Å². The number of hydrogen-bond donors (Lipinski definition) is 1. The topological polar surface area (TPSA) is 63.1 Å². The average molecular weight is 331 g/mol. The number of thiophene rings is 1. The van der Waals surface area contributed by atoms with Crippen LogP contribution in [0.5, 0.6) is 0 Å². The Kier molecular flexibility index (Phi) is 4.13. The standard InChI is InChI=1S/C16H21N5OS/c22-16(20-7-4-14-12(9-20)5-8-23-14)3-6-17-13-1-2-15-18-11-19-21(15)10-13/h5,8,11,13,17H,1-4,6-7,9-10H2. The fourth-order valence-electron chi connectivity index (χ4n) is 3.41. The van der Waals surface area contributed by atoms with Gasteiger partial charge in [-0.15, -0.1) is 11.3 Å². The molecule has 0 fully saturated rings. The van der Waals surface area contributed by atoms with Crippen molar-refractivity contribution in [2.45, 2.75) is 44.8 Å². The quantitative estimate of drug-likeness (QED) is 0.915. The third kappa shape index (κ3) is 3.16. The fourth-order valence-corrected chi connectivity index (χ4v) is 4.30. The Balaban J connectivity index is 1.23. The number of amides is 1. The van der Waals surface area contributed by atoms with E-state index < -0.39 is 0 Å². The average Bonchev–Trinajstić information content (AvgIpc) is 3.22. The third-order valence-electron chi connectivity index (χ3n) is 4.74. The highest BCUT2D eigenvalue weighted by Gasteiger charge is 2.22. The Labute approximate surface area is 139 Å². The summed E-state index contributed by atoms with van der Waals surface area (Å²) in [4.78, 5) is 20.1. The van der Waals surface area contributed by atoms with E-state index in [-0.39, 0.29) is 5.91 Å². The molecule has 1 unspecified atom stereocenters. The molecule has 4 rings (SSSR count). The van der Waals surface area contributed by atoms with Gasteiger partial charge < -0.3 is 10.2 Å². The van der Waals surface area contributed by atoms with E-state index in [1.807, 2.05) is 20.9 Å². The van der Waals surface area contributed by atoms with Crippen LogP contribution in [0.15, 0.2) is 17.8 Å². The van der Waals surface area contributed by atoms with E-state index in [4.69, 9.17) is 0 Å². The highest BCUT2D eigenvalue weighted by molar-refractivity contribution is 7.10. The summed E-state index contributed by atoms with van der Waals surface area (Å²) in [5, 5.41) is 9.86. The van der Waals surface area contributed by atoms with Crippen LogP contribution in [0.25, 0.3) is 0 Å². The number of nitrogens with zero attached hydrogens (tertiary/aromatic N) is 4. The lowest BCUT2D eigenvalue weighted by Gasteiger charge is -2.28. The van der Waals surface area contributed by atoms with E-state index in [1.165, 1.54) is 10.4 Å². The van der Waals surface area contributed by atoms with Crippen LogP contribution in [0, 0.1) is 0 Å². The molecule has 4 heterocycles. The lowest BCUT2D eigenvalue weighted by molar-refractivity contribution is -0.132. The summed E-state index contributed by atoms with van der Waals surface area (Å²) in [5.74, 6) is 1.32. The van der Waals surface area contributed by atoms with E-state index >= 15 is 0 Å². The van der Waals surface area contributed by atoms with Crippen LogP contribution in [-0.4, -0.2) is 44.7 Å². The summed E-state index contributed by atoms with van der Waals surface area (Å²) in [6, 6.07) is 2.54. The zero-order valence-corrected chi connectivity index (χ0v) is 13.9. The van der Waals surface area contributed by atoms with Crippen molar-refractivity contribution >= 4 is 17.2 Å². The molecule has 2 aliphatic rings. The van der Waals surface area contributed by atoms with Crippen molar-refractivity contribution in [1.29, 1.82) is 0 Å². The lowest BCUT2D eigenvalue weighted by Crippen LogP contribution is -2.41. The molecule has 0 aliphatic carbocycles. The first-order chi connectivity index (χ1) is 11.3. The minimum atomic E-state index is 0.256. The van der Waals surface area contributed by atoms with Crippen molar-refractivity contribution in [3.05, 3.63) is 34.0 Å². The first-order valence-corrected chi connectivity index (χ1v) is 9.10. The molecule has 1 N–H and O–H groups in total. The van der Waals surface area contributed by atoms with Crippen molar-refractivity contribution in [3.63, 3.8) is 0 Å². The largest absolute Gasteiger partial charge is 0.338 e. The van der Waals surface area contributed by atoms with Gasteiger partial charge in [0.25, 0.3) is 0 Å². The van der Waals surface area contributed by atoms with Crippen LogP contribution >= 0.6 is 11.3 Å². The maximum absolute atomic E-state index is 12.4. The number of carbonyl (C=O) groups is 1. The van der Waals surface area contributed by atoms with Crippen molar-refractivity contribution in [2.24, 2.45) is 0 Å². The van der Waals surface area contributed by atoms with Gasteiger partial charge >= 0.3 is 0 Å². The number of fused-ring (bicyclic) bond motifs is 2. The van der Waals surface area contributed by atoms with Crippen molar-refractivity contribution < 1.29 is 4.79 Å². The number of hydrogen-bond acceptors (Lipinski definition) is 5. The molecule has 23 heavy (non-hydrogen) atoms. The zero-order chi connectivity index (χ0) is 15.6. The third-order valence-corrected chi connectivity index (χ3v) is 5.76. The maximum Gasteiger partial charge on any atom is 0.224 e. The van der Waals surface area contributed by atoms with Crippen LogP contribution in [0.4, 0.5) is 0 Å². The van der Waals surface area contributed by atoms with Crippen LogP contribution in [0.2, 0.25) is 0 Å². The SMILES string of the molecule is O=C(CCNC1CCc2ncnn2C1)N1CCc2sccc2C1. The first kappa shape index (κ1) is 14.8. The normalized spacial score (nSPS) is 20.2. The summed E-state index contributed by atoms with van der Waals surface area (Å²) in [6.07, 6.45) is 5.22. The van der Waals surface area contributed by atoms with Crippen molar-refractivity contribution in [2.75, 3.05) is 13.1 Å². The van der Waals surface area contributed by atoms with E-state index in [2.05, 4.69) is 26.8 Å². The van der Waals surface area contributed by atoms with Gasteiger partial charge in [0.2, 0.25) is 5.91 Å². The van der Waals surface area contributed by atoms with Gasteiger partial charge in [0.15, 0.2) is 0 Å². The summed E-state index contributed by atoms with van der Waals surface area (Å²) < 4.78 is 1.96. The van der Waals surface area contributed by atoms with Gasteiger partial charge in [-0.25, -0.2) is 9.67 Å². The van der Waals surface area contributed by atoms with Crippen LogP contribution in [0.3, 0.4) is 0 Å². The molecule has 122 valence electrons. The molecule has 0 aromatic carbocycles. The minimum absolute atomic E-state index is 0.256. The Morgan fingerprint density at radius 1 is 1.43 bits per heavy atom. The van der Waals surface area contributed by atoms with Crippen molar-refractivity contribution in [3.8, 4) is 0 Å². The number of aryl methyl sites for hydroxylation is 1. The molecule has 0 saturated heterocycles. The maximum atomic E-state index is 12.4. The van der Waals surface area contributed by atoms with Crippen LogP contribution in [-0.2, 0) is 30.7 Å². The number of aromatic nitrogens is 3. The Morgan fingerprint density at radius 3 is 3.35 bits per heavy atom. The smallest absolute Gasteiger partial charge is 0.224 e. The van der Waals surface area contributed by atoms with E-state index in [0.717, 1.165) is 51.3 Å². The molecule has 2 aromatic rings. The predicted octanol–water partition coefficient (Wildman–Crippen LogP) is 1.22. The molecule has 1 amide bonds. The molecule has 7 heteroatoms. The Hall–Kier alpha value is -1.73.